The number of nitrogens with zero attached hydrogens (tertiary/aromatic N) is 1. The Morgan fingerprint density at radius 2 is 2.16 bits per heavy atom. The van der Waals surface area contributed by atoms with E-state index < -0.39 is 0 Å². The largest absolute Gasteiger partial charge is 0.475 e. The zero-order valence-electron chi connectivity index (χ0n) is 12.2. The van der Waals surface area contributed by atoms with Crippen LogP contribution in [-0.2, 0) is 6.54 Å². The van der Waals surface area contributed by atoms with Crippen LogP contribution in [0.3, 0.4) is 0 Å². The summed E-state index contributed by atoms with van der Waals surface area (Å²) in [5, 5.41) is 3.18. The Hall–Kier alpha value is -1.16. The first kappa shape index (κ1) is 15.9. The SMILES string of the molecule is CCCNCc1ccnc(OCC(C)CCC)c1F. The van der Waals surface area contributed by atoms with Crippen LogP contribution in [0.1, 0.15) is 45.6 Å². The van der Waals surface area contributed by atoms with Crippen molar-refractivity contribution in [3.63, 3.8) is 0 Å². The molecule has 1 N–H and O–H groups in total. The first-order chi connectivity index (χ1) is 9.19. The highest BCUT2D eigenvalue weighted by atomic mass is 19.1. The minimum Gasteiger partial charge on any atom is -0.475 e. The van der Waals surface area contributed by atoms with Crippen LogP contribution in [0.25, 0.3) is 0 Å². The Balaban J connectivity index is 2.56. The molecular formula is C15H25FN2O. The molecule has 1 atom stereocenters. The average Bonchev–Trinajstić information content (AvgIpc) is 2.40. The summed E-state index contributed by atoms with van der Waals surface area (Å²) in [6.45, 7) is 8.24. The van der Waals surface area contributed by atoms with Gasteiger partial charge in [-0.3, -0.25) is 0 Å². The van der Waals surface area contributed by atoms with E-state index in [1.54, 1.807) is 12.3 Å². The molecule has 0 saturated heterocycles. The van der Waals surface area contributed by atoms with Crippen molar-refractivity contribution < 1.29 is 9.13 Å². The number of hydrogen-bond donors (Lipinski definition) is 1. The summed E-state index contributed by atoms with van der Waals surface area (Å²) < 4.78 is 19.6. The van der Waals surface area contributed by atoms with Crippen LogP contribution >= 0.6 is 0 Å². The van der Waals surface area contributed by atoms with E-state index in [0.29, 0.717) is 24.6 Å². The maximum Gasteiger partial charge on any atom is 0.250 e. The first-order valence-corrected chi connectivity index (χ1v) is 7.15. The summed E-state index contributed by atoms with van der Waals surface area (Å²) in [6, 6.07) is 1.69. The highest BCUT2D eigenvalue weighted by Gasteiger charge is 2.11. The number of rotatable bonds is 9. The highest BCUT2D eigenvalue weighted by molar-refractivity contribution is 5.23. The first-order valence-electron chi connectivity index (χ1n) is 7.15. The van der Waals surface area contributed by atoms with Crippen molar-refractivity contribution in [2.45, 2.75) is 46.6 Å². The normalized spacial score (nSPS) is 12.4. The number of ether oxygens (including phenoxy) is 1. The van der Waals surface area contributed by atoms with Gasteiger partial charge in [0.05, 0.1) is 6.61 Å². The van der Waals surface area contributed by atoms with Crippen LogP contribution in [-0.4, -0.2) is 18.1 Å². The summed E-state index contributed by atoms with van der Waals surface area (Å²) >= 11 is 0. The van der Waals surface area contributed by atoms with E-state index in [9.17, 15) is 4.39 Å². The van der Waals surface area contributed by atoms with Gasteiger partial charge in [0.15, 0.2) is 5.82 Å². The topological polar surface area (TPSA) is 34.2 Å². The van der Waals surface area contributed by atoms with Gasteiger partial charge in [0, 0.05) is 18.3 Å². The Morgan fingerprint density at radius 3 is 2.84 bits per heavy atom. The fourth-order valence-corrected chi connectivity index (χ4v) is 1.90. The molecule has 1 aromatic heterocycles. The predicted molar refractivity (Wildman–Crippen MR) is 75.8 cm³/mol. The van der Waals surface area contributed by atoms with Crippen LogP contribution in [0.2, 0.25) is 0 Å². The Kier molecular flexibility index (Phi) is 7.41. The second-order valence-electron chi connectivity index (χ2n) is 4.97. The van der Waals surface area contributed by atoms with Gasteiger partial charge in [-0.1, -0.05) is 27.2 Å². The minimum atomic E-state index is -0.338. The lowest BCUT2D eigenvalue weighted by Crippen LogP contribution is -2.16. The maximum absolute atomic E-state index is 14.1. The molecule has 0 radical (unpaired) electrons. The van der Waals surface area contributed by atoms with Gasteiger partial charge in [-0.2, -0.15) is 0 Å². The van der Waals surface area contributed by atoms with Crippen molar-refractivity contribution in [2.24, 2.45) is 5.92 Å². The molecule has 0 bridgehead atoms. The maximum atomic E-state index is 14.1. The number of nitrogens with one attached hydrogen (secondary N) is 1. The van der Waals surface area contributed by atoms with Crippen molar-refractivity contribution in [1.82, 2.24) is 10.3 Å². The molecule has 0 aromatic carbocycles. The average molecular weight is 268 g/mol. The van der Waals surface area contributed by atoms with E-state index in [1.165, 1.54) is 0 Å². The molecule has 0 aliphatic carbocycles. The van der Waals surface area contributed by atoms with Gasteiger partial charge in [0.1, 0.15) is 0 Å². The summed E-state index contributed by atoms with van der Waals surface area (Å²) in [5.41, 5.74) is 0.613. The van der Waals surface area contributed by atoms with Crippen molar-refractivity contribution in [3.8, 4) is 5.88 Å². The Morgan fingerprint density at radius 1 is 1.37 bits per heavy atom. The molecule has 1 rings (SSSR count). The van der Waals surface area contributed by atoms with E-state index >= 15 is 0 Å². The third-order valence-corrected chi connectivity index (χ3v) is 2.97. The van der Waals surface area contributed by atoms with E-state index in [-0.39, 0.29) is 11.7 Å². The quantitative estimate of drug-likeness (QED) is 0.696. The summed E-state index contributed by atoms with van der Waals surface area (Å²) in [4.78, 5) is 3.97. The molecule has 0 aliphatic rings. The zero-order valence-corrected chi connectivity index (χ0v) is 12.2. The Bertz CT molecular complexity index is 371. The van der Waals surface area contributed by atoms with Crippen LogP contribution in [0.15, 0.2) is 12.3 Å². The minimum absolute atomic E-state index is 0.124. The molecule has 0 amide bonds. The number of halogens is 1. The highest BCUT2D eigenvalue weighted by Crippen LogP contribution is 2.18. The second-order valence-corrected chi connectivity index (χ2v) is 4.97. The fraction of sp³-hybridized carbons (Fsp3) is 0.667. The Labute approximate surface area is 115 Å². The predicted octanol–water partition coefficient (Wildman–Crippen LogP) is 3.54. The van der Waals surface area contributed by atoms with Gasteiger partial charge in [-0.05, 0) is 31.4 Å². The molecule has 0 aliphatic heterocycles. The standard InChI is InChI=1S/C15H25FN2O/c1-4-6-12(3)11-19-15-14(16)13(7-9-18-15)10-17-8-5-2/h7,9,12,17H,4-6,8,10-11H2,1-3H3. The molecule has 1 aromatic rings. The lowest BCUT2D eigenvalue weighted by molar-refractivity contribution is 0.231. The summed E-state index contributed by atoms with van der Waals surface area (Å²) in [7, 11) is 0. The fourth-order valence-electron chi connectivity index (χ4n) is 1.90. The van der Waals surface area contributed by atoms with Gasteiger partial charge < -0.3 is 10.1 Å². The van der Waals surface area contributed by atoms with E-state index in [1.807, 2.05) is 0 Å². The number of pyridine rings is 1. The van der Waals surface area contributed by atoms with Crippen LogP contribution < -0.4 is 10.1 Å². The van der Waals surface area contributed by atoms with Crippen molar-refractivity contribution >= 4 is 0 Å². The second kappa shape index (κ2) is 8.86. The van der Waals surface area contributed by atoms with Crippen molar-refractivity contribution in [3.05, 3.63) is 23.6 Å². The van der Waals surface area contributed by atoms with E-state index in [4.69, 9.17) is 4.74 Å². The zero-order chi connectivity index (χ0) is 14.1. The summed E-state index contributed by atoms with van der Waals surface area (Å²) in [5.74, 6) is 0.210. The summed E-state index contributed by atoms with van der Waals surface area (Å²) in [6.07, 6.45) is 4.83. The van der Waals surface area contributed by atoms with Crippen LogP contribution in [0.4, 0.5) is 4.39 Å². The molecule has 0 spiro atoms. The van der Waals surface area contributed by atoms with E-state index in [2.05, 4.69) is 31.1 Å². The molecule has 1 unspecified atom stereocenters. The lowest BCUT2D eigenvalue weighted by Gasteiger charge is -2.13. The van der Waals surface area contributed by atoms with Gasteiger partial charge in [-0.15, -0.1) is 0 Å². The molecule has 0 saturated carbocycles. The van der Waals surface area contributed by atoms with Crippen LogP contribution in [0, 0.1) is 11.7 Å². The third-order valence-electron chi connectivity index (χ3n) is 2.97. The number of aromatic nitrogens is 1. The lowest BCUT2D eigenvalue weighted by atomic mass is 10.1. The van der Waals surface area contributed by atoms with Gasteiger partial charge >= 0.3 is 0 Å². The molecule has 1 heterocycles. The van der Waals surface area contributed by atoms with Crippen molar-refractivity contribution in [1.29, 1.82) is 0 Å². The smallest absolute Gasteiger partial charge is 0.250 e. The molecule has 108 valence electrons. The van der Waals surface area contributed by atoms with Crippen molar-refractivity contribution in [2.75, 3.05) is 13.2 Å². The van der Waals surface area contributed by atoms with E-state index in [0.717, 1.165) is 25.8 Å². The van der Waals surface area contributed by atoms with Crippen LogP contribution in [0.5, 0.6) is 5.88 Å². The van der Waals surface area contributed by atoms with Gasteiger partial charge in [-0.25, -0.2) is 9.37 Å². The molecule has 0 fully saturated rings. The van der Waals surface area contributed by atoms with Gasteiger partial charge in [0.2, 0.25) is 0 Å². The number of hydrogen-bond acceptors (Lipinski definition) is 3. The van der Waals surface area contributed by atoms with Gasteiger partial charge in [0.25, 0.3) is 5.88 Å². The third kappa shape index (κ3) is 5.55. The molecule has 4 heteroatoms. The molecule has 19 heavy (non-hydrogen) atoms. The monoisotopic (exact) mass is 268 g/mol. The molecular weight excluding hydrogens is 243 g/mol. The molecule has 3 nitrogen and oxygen atoms in total.